The minimum Gasteiger partial charge on any atom is -0.493 e. The zero-order valence-corrected chi connectivity index (χ0v) is 36.0. The van der Waals surface area contributed by atoms with Crippen molar-refractivity contribution in [1.29, 1.82) is 0 Å². The number of ketones is 1. The monoisotopic (exact) mass is 853 g/mol. The van der Waals surface area contributed by atoms with Crippen LogP contribution in [0.1, 0.15) is 114 Å². The number of carbonyl (C=O) groups excluding carboxylic acids is 7. The van der Waals surface area contributed by atoms with E-state index in [-0.39, 0.29) is 60.5 Å². The SMILES string of the molecule is CCCCC[C@@H](C(=O)NCNC(=O)c1ccc(-c2ccc(C(=O)N[C@@H](CC(C)=O)C(=O)OCc3ccccc3)c(OCC)c2)o1)[C@@H](CC)N(C=O)OC(=O)c1c(C)ccnc1C. The van der Waals surface area contributed by atoms with E-state index in [1.807, 2.05) is 13.0 Å². The van der Waals surface area contributed by atoms with Crippen molar-refractivity contribution in [2.24, 2.45) is 5.92 Å². The molecule has 16 nitrogen and oxygen atoms in total. The van der Waals surface area contributed by atoms with Gasteiger partial charge < -0.3 is 34.7 Å². The number of benzene rings is 2. The van der Waals surface area contributed by atoms with Gasteiger partial charge in [0.25, 0.3) is 11.8 Å². The number of furan rings is 1. The van der Waals surface area contributed by atoms with Crippen molar-refractivity contribution in [3.8, 4) is 17.1 Å². The van der Waals surface area contributed by atoms with Crippen LogP contribution in [0.15, 0.2) is 77.3 Å². The Morgan fingerprint density at radius 2 is 1.66 bits per heavy atom. The van der Waals surface area contributed by atoms with Crippen LogP contribution in [-0.4, -0.2) is 77.3 Å². The van der Waals surface area contributed by atoms with Crippen molar-refractivity contribution < 1.29 is 52.3 Å². The van der Waals surface area contributed by atoms with Gasteiger partial charge in [0.2, 0.25) is 12.3 Å². The third kappa shape index (κ3) is 13.3. The van der Waals surface area contributed by atoms with Gasteiger partial charge in [-0.05, 0) is 82.0 Å². The molecule has 4 rings (SSSR count). The van der Waals surface area contributed by atoms with Crippen LogP contribution in [0.4, 0.5) is 0 Å². The van der Waals surface area contributed by atoms with Crippen LogP contribution in [0.2, 0.25) is 0 Å². The fourth-order valence-corrected chi connectivity index (χ4v) is 6.79. The maximum absolute atomic E-state index is 13.7. The third-order valence-electron chi connectivity index (χ3n) is 9.97. The van der Waals surface area contributed by atoms with Crippen LogP contribution in [0.25, 0.3) is 11.3 Å². The molecule has 0 fully saturated rings. The summed E-state index contributed by atoms with van der Waals surface area (Å²) >= 11 is 0. The molecule has 4 aromatic rings. The van der Waals surface area contributed by atoms with Crippen LogP contribution in [0.5, 0.6) is 5.75 Å². The Morgan fingerprint density at radius 1 is 0.903 bits per heavy atom. The van der Waals surface area contributed by atoms with Gasteiger partial charge in [0.05, 0.1) is 42.1 Å². The molecule has 0 aliphatic rings. The summed E-state index contributed by atoms with van der Waals surface area (Å²) in [6.07, 6.45) is 4.78. The largest absolute Gasteiger partial charge is 0.493 e. The summed E-state index contributed by atoms with van der Waals surface area (Å²) < 4.78 is 17.0. The normalized spacial score (nSPS) is 12.2. The first-order chi connectivity index (χ1) is 29.8. The molecule has 2 heterocycles. The molecule has 16 heteroatoms. The molecule has 0 unspecified atom stereocenters. The fourth-order valence-electron chi connectivity index (χ4n) is 6.79. The summed E-state index contributed by atoms with van der Waals surface area (Å²) in [6.45, 7) is 10.1. The van der Waals surface area contributed by atoms with Crippen molar-refractivity contribution in [1.82, 2.24) is 26.0 Å². The maximum Gasteiger partial charge on any atom is 0.365 e. The molecular weight excluding hydrogens is 799 g/mol. The maximum atomic E-state index is 13.7. The number of aromatic nitrogens is 1. The second kappa shape index (κ2) is 23.8. The molecule has 0 spiro atoms. The highest BCUT2D eigenvalue weighted by atomic mass is 16.7. The first kappa shape index (κ1) is 47.8. The zero-order valence-electron chi connectivity index (χ0n) is 36.0. The minimum atomic E-state index is -1.24. The smallest absolute Gasteiger partial charge is 0.365 e. The molecule has 3 atom stereocenters. The number of hydrogen-bond acceptors (Lipinski definition) is 12. The van der Waals surface area contributed by atoms with E-state index in [1.165, 1.54) is 19.1 Å². The molecule has 0 saturated carbocycles. The number of pyridine rings is 1. The molecule has 0 radical (unpaired) electrons. The fraction of sp³-hybridized carbons (Fsp3) is 0.391. The highest BCUT2D eigenvalue weighted by Gasteiger charge is 2.34. The third-order valence-corrected chi connectivity index (χ3v) is 9.97. The van der Waals surface area contributed by atoms with E-state index >= 15 is 0 Å². The molecule has 0 aliphatic heterocycles. The highest BCUT2D eigenvalue weighted by molar-refractivity contribution is 6.00. The number of ether oxygens (including phenoxy) is 2. The summed E-state index contributed by atoms with van der Waals surface area (Å²) in [7, 11) is 0. The number of amides is 4. The Bertz CT molecular complexity index is 2170. The quantitative estimate of drug-likeness (QED) is 0.0237. The number of carbonyl (C=O) groups is 7. The lowest BCUT2D eigenvalue weighted by Crippen LogP contribution is -2.49. The van der Waals surface area contributed by atoms with Gasteiger partial charge >= 0.3 is 11.9 Å². The van der Waals surface area contributed by atoms with Gasteiger partial charge in [-0.1, -0.05) is 69.5 Å². The predicted octanol–water partition coefficient (Wildman–Crippen LogP) is 6.19. The number of nitrogens with zero attached hydrogens (tertiary/aromatic N) is 2. The Hall–Kier alpha value is -6.84. The van der Waals surface area contributed by atoms with Crippen molar-refractivity contribution in [3.05, 3.63) is 107 Å². The molecule has 2 aromatic heterocycles. The van der Waals surface area contributed by atoms with Crippen molar-refractivity contribution in [2.45, 2.75) is 98.8 Å². The number of Topliss-reactive ketones (excluding diaryl/α,β-unsaturated/α-hetero) is 1. The molecule has 62 heavy (non-hydrogen) atoms. The summed E-state index contributed by atoms with van der Waals surface area (Å²) in [4.78, 5) is 100. The highest BCUT2D eigenvalue weighted by Crippen LogP contribution is 2.30. The van der Waals surface area contributed by atoms with Gasteiger partial charge in [0.1, 0.15) is 29.9 Å². The summed E-state index contributed by atoms with van der Waals surface area (Å²) in [6, 6.07) is 16.2. The van der Waals surface area contributed by atoms with Gasteiger partial charge in [-0.25, -0.2) is 9.59 Å². The number of esters is 1. The second-order valence-corrected chi connectivity index (χ2v) is 14.6. The zero-order chi connectivity index (χ0) is 45.2. The Labute approximate surface area is 361 Å². The van der Waals surface area contributed by atoms with Crippen molar-refractivity contribution in [2.75, 3.05) is 13.3 Å². The van der Waals surface area contributed by atoms with Gasteiger partial charge in [-0.2, -0.15) is 5.06 Å². The molecule has 0 bridgehead atoms. The topological polar surface area (TPSA) is 213 Å². The first-order valence-corrected chi connectivity index (χ1v) is 20.6. The van der Waals surface area contributed by atoms with E-state index in [9.17, 15) is 33.6 Å². The predicted molar refractivity (Wildman–Crippen MR) is 227 cm³/mol. The van der Waals surface area contributed by atoms with Gasteiger partial charge in [0, 0.05) is 18.2 Å². The van der Waals surface area contributed by atoms with Crippen molar-refractivity contribution in [3.63, 3.8) is 0 Å². The molecule has 3 N–H and O–H groups in total. The van der Waals surface area contributed by atoms with Crippen LogP contribution in [0.3, 0.4) is 0 Å². The molecule has 330 valence electrons. The molecular formula is C46H55N5O11. The van der Waals surface area contributed by atoms with Crippen LogP contribution < -0.4 is 20.7 Å². The first-order valence-electron chi connectivity index (χ1n) is 20.6. The van der Waals surface area contributed by atoms with Crippen molar-refractivity contribution >= 4 is 41.9 Å². The average molecular weight is 854 g/mol. The minimum absolute atomic E-state index is 0.0329. The molecule has 2 aromatic carbocycles. The average Bonchev–Trinajstić information content (AvgIpc) is 3.75. The van der Waals surface area contributed by atoms with E-state index in [4.69, 9.17) is 18.7 Å². The van der Waals surface area contributed by atoms with E-state index in [1.54, 1.807) is 82.4 Å². The Kier molecular flexibility index (Phi) is 18.4. The Morgan fingerprint density at radius 3 is 2.32 bits per heavy atom. The summed E-state index contributed by atoms with van der Waals surface area (Å²) in [5, 5.41) is 8.83. The van der Waals surface area contributed by atoms with Gasteiger partial charge in [0.15, 0.2) is 5.76 Å². The number of aryl methyl sites for hydroxylation is 2. The van der Waals surface area contributed by atoms with E-state index < -0.39 is 47.7 Å². The lowest BCUT2D eigenvalue weighted by atomic mass is 9.90. The summed E-state index contributed by atoms with van der Waals surface area (Å²) in [5.41, 5.74) is 2.60. The van der Waals surface area contributed by atoms with E-state index in [0.717, 1.165) is 23.5 Å². The van der Waals surface area contributed by atoms with Crippen LogP contribution in [-0.2, 0) is 35.4 Å². The lowest BCUT2D eigenvalue weighted by molar-refractivity contribution is -0.171. The lowest BCUT2D eigenvalue weighted by Gasteiger charge is -2.32. The van der Waals surface area contributed by atoms with E-state index in [2.05, 4.69) is 20.9 Å². The molecule has 0 aliphatic carbocycles. The number of hydroxylamine groups is 2. The molecule has 4 amide bonds. The molecule has 0 saturated heterocycles. The van der Waals surface area contributed by atoms with E-state index in [0.29, 0.717) is 42.5 Å². The number of nitrogens with one attached hydrogen (secondary N) is 3. The van der Waals surface area contributed by atoms with Gasteiger partial charge in [-0.3, -0.25) is 29.0 Å². The second-order valence-electron chi connectivity index (χ2n) is 14.6. The Balaban J connectivity index is 1.41. The standard InChI is InChI=1S/C46H55N5O11/c1-7-10-12-17-34(37(8-2)51(28-52)62-46(58)41-29(4)22-23-47-31(41)6)42(54)48-27-49-44(56)39-21-20-38(61-39)33-18-19-35(40(25-33)59-9-3)43(55)50-36(24-30(5)53)45(57)60-26-32-15-13-11-14-16-32/h11,13-16,18-23,25,28,34,36-37H,7-10,12,17,24,26-27H2,1-6H3,(H,48,54)(H,49,56)(H,50,55)/t34-,36+,37-/m1/s1. The number of hydrogen-bond donors (Lipinski definition) is 3. The summed E-state index contributed by atoms with van der Waals surface area (Å²) in [5.74, 6) is -4.01. The van der Waals surface area contributed by atoms with Gasteiger partial charge in [-0.15, -0.1) is 0 Å². The number of rotatable bonds is 24. The number of unbranched alkanes of at least 4 members (excludes halogenated alkanes) is 2. The van der Waals surface area contributed by atoms with Crippen LogP contribution in [0, 0.1) is 19.8 Å². The van der Waals surface area contributed by atoms with Crippen LogP contribution >= 0.6 is 0 Å².